The van der Waals surface area contributed by atoms with Gasteiger partial charge >= 0.3 is 5.97 Å². The fourth-order valence-corrected chi connectivity index (χ4v) is 4.19. The highest BCUT2D eigenvalue weighted by Crippen LogP contribution is 2.56. The average molecular weight is 348 g/mol. The Labute approximate surface area is 149 Å². The molecule has 0 N–H and O–H groups in total. The van der Waals surface area contributed by atoms with Crippen LogP contribution in [0.5, 0.6) is 11.5 Å². The molecule has 0 saturated heterocycles. The molecule has 1 aliphatic heterocycles. The minimum absolute atomic E-state index is 0.0468. The molecule has 0 bridgehead atoms. The first-order valence-corrected chi connectivity index (χ1v) is 8.51. The molecule has 2 aromatic carbocycles. The van der Waals surface area contributed by atoms with Gasteiger partial charge in [0.25, 0.3) is 5.79 Å². The molecule has 2 aliphatic carbocycles. The largest absolute Gasteiger partial charge is 0.457 e. The number of ether oxygens (including phenoxy) is 3. The van der Waals surface area contributed by atoms with E-state index in [4.69, 9.17) is 14.2 Å². The van der Waals surface area contributed by atoms with Gasteiger partial charge in [0.05, 0.1) is 5.39 Å². The first-order chi connectivity index (χ1) is 12.5. The van der Waals surface area contributed by atoms with Crippen LogP contribution in [-0.4, -0.2) is 23.6 Å². The maximum atomic E-state index is 12.1. The first-order valence-electron chi connectivity index (χ1n) is 8.51. The SMILES string of the molecule is CC(=O)O[C@@H]1C=CC2(Oc3cccc4cccc(c34)O2)[C@]12C=CC(=O)C2. The number of carbonyl (C=O) groups excluding carboxylic acids is 2. The van der Waals surface area contributed by atoms with Crippen molar-refractivity contribution in [3.63, 3.8) is 0 Å². The lowest BCUT2D eigenvalue weighted by Crippen LogP contribution is -2.57. The number of ketones is 1. The van der Waals surface area contributed by atoms with E-state index < -0.39 is 23.3 Å². The molecule has 0 radical (unpaired) electrons. The van der Waals surface area contributed by atoms with E-state index in [1.807, 2.05) is 36.4 Å². The Bertz CT molecular complexity index is 977. The van der Waals surface area contributed by atoms with E-state index in [0.29, 0.717) is 11.5 Å². The number of rotatable bonds is 1. The lowest BCUT2D eigenvalue weighted by atomic mass is 9.77. The van der Waals surface area contributed by atoms with Gasteiger partial charge < -0.3 is 14.2 Å². The topological polar surface area (TPSA) is 61.8 Å². The van der Waals surface area contributed by atoms with Gasteiger partial charge in [0, 0.05) is 19.4 Å². The summed E-state index contributed by atoms with van der Waals surface area (Å²) in [5.74, 6) is -0.330. The standard InChI is InChI=1S/C21H16O5/c1-13(22)24-18-9-11-21(20(18)10-8-15(23)12-20)25-16-6-2-4-14-5-3-7-17(26-21)19(14)16/h2-11,18H,12H2,1H3/t18-,20+/m1/s1. The Morgan fingerprint density at radius 1 is 1.12 bits per heavy atom. The van der Waals surface area contributed by atoms with Gasteiger partial charge in [0.2, 0.25) is 0 Å². The van der Waals surface area contributed by atoms with Crippen molar-refractivity contribution in [1.82, 2.24) is 0 Å². The summed E-state index contributed by atoms with van der Waals surface area (Å²) in [6, 6.07) is 11.6. The number of fused-ring (bicyclic) bond motifs is 1. The smallest absolute Gasteiger partial charge is 0.303 e. The van der Waals surface area contributed by atoms with Crippen LogP contribution in [0, 0.1) is 5.41 Å². The molecule has 0 amide bonds. The number of hydrogen-bond acceptors (Lipinski definition) is 5. The molecular formula is C21H16O5. The second kappa shape index (κ2) is 4.97. The van der Waals surface area contributed by atoms with Crippen LogP contribution in [0.3, 0.4) is 0 Å². The van der Waals surface area contributed by atoms with Gasteiger partial charge in [0.15, 0.2) is 5.78 Å². The van der Waals surface area contributed by atoms with Crippen LogP contribution in [0.4, 0.5) is 0 Å². The third-order valence-electron chi connectivity index (χ3n) is 5.32. The van der Waals surface area contributed by atoms with Gasteiger partial charge in [-0.3, -0.25) is 9.59 Å². The van der Waals surface area contributed by atoms with Crippen LogP contribution in [0.1, 0.15) is 13.3 Å². The molecule has 5 rings (SSSR count). The quantitative estimate of drug-likeness (QED) is 0.584. The zero-order valence-electron chi connectivity index (χ0n) is 14.1. The van der Waals surface area contributed by atoms with Crippen molar-refractivity contribution in [3.05, 3.63) is 60.7 Å². The minimum Gasteiger partial charge on any atom is -0.457 e. The predicted octanol–water partition coefficient (Wildman–Crippen LogP) is 3.32. The second-order valence-corrected chi connectivity index (χ2v) is 6.89. The van der Waals surface area contributed by atoms with Gasteiger partial charge in [-0.25, -0.2) is 0 Å². The van der Waals surface area contributed by atoms with Crippen LogP contribution in [0.15, 0.2) is 60.7 Å². The zero-order valence-corrected chi connectivity index (χ0v) is 14.1. The molecule has 2 aromatic rings. The van der Waals surface area contributed by atoms with E-state index >= 15 is 0 Å². The molecule has 0 aromatic heterocycles. The monoisotopic (exact) mass is 348 g/mol. The molecule has 0 saturated carbocycles. The van der Waals surface area contributed by atoms with Crippen molar-refractivity contribution < 1.29 is 23.8 Å². The summed E-state index contributed by atoms with van der Waals surface area (Å²) in [7, 11) is 0. The molecule has 130 valence electrons. The van der Waals surface area contributed by atoms with Crippen molar-refractivity contribution in [2.24, 2.45) is 5.41 Å². The molecule has 2 atom stereocenters. The number of allylic oxidation sites excluding steroid dienone is 1. The predicted molar refractivity (Wildman–Crippen MR) is 93.8 cm³/mol. The zero-order chi connectivity index (χ0) is 17.9. The molecule has 1 heterocycles. The van der Waals surface area contributed by atoms with Crippen LogP contribution < -0.4 is 9.47 Å². The molecule has 0 unspecified atom stereocenters. The Morgan fingerprint density at radius 2 is 1.81 bits per heavy atom. The van der Waals surface area contributed by atoms with Crippen molar-refractivity contribution in [2.75, 3.05) is 0 Å². The van der Waals surface area contributed by atoms with Crippen LogP contribution >= 0.6 is 0 Å². The summed E-state index contributed by atoms with van der Waals surface area (Å²) in [5.41, 5.74) is -0.925. The lowest BCUT2D eigenvalue weighted by molar-refractivity contribution is -0.182. The van der Waals surface area contributed by atoms with Gasteiger partial charge in [-0.2, -0.15) is 0 Å². The number of hydrogen-bond donors (Lipinski definition) is 0. The molecular weight excluding hydrogens is 332 g/mol. The molecule has 26 heavy (non-hydrogen) atoms. The van der Waals surface area contributed by atoms with E-state index in [0.717, 1.165) is 10.8 Å². The van der Waals surface area contributed by atoms with Gasteiger partial charge in [0.1, 0.15) is 23.0 Å². The van der Waals surface area contributed by atoms with Crippen molar-refractivity contribution in [2.45, 2.75) is 25.2 Å². The molecule has 5 heteroatoms. The maximum Gasteiger partial charge on any atom is 0.303 e. The number of esters is 1. The average Bonchev–Trinajstić information content (AvgIpc) is 3.12. The summed E-state index contributed by atoms with van der Waals surface area (Å²) in [6.45, 7) is 1.35. The molecule has 3 aliphatic rings. The maximum absolute atomic E-state index is 12.1. The van der Waals surface area contributed by atoms with Crippen LogP contribution in [0.2, 0.25) is 0 Å². The third-order valence-corrected chi connectivity index (χ3v) is 5.32. The van der Waals surface area contributed by atoms with E-state index in [1.165, 1.54) is 13.0 Å². The highest BCUT2D eigenvalue weighted by molar-refractivity contribution is 5.96. The van der Waals surface area contributed by atoms with E-state index in [9.17, 15) is 9.59 Å². The van der Waals surface area contributed by atoms with E-state index in [1.54, 1.807) is 18.2 Å². The summed E-state index contributed by atoms with van der Waals surface area (Å²) in [5, 5.41) is 1.91. The Kier molecular flexibility index (Phi) is 2.91. The van der Waals surface area contributed by atoms with Gasteiger partial charge in [-0.1, -0.05) is 30.3 Å². The summed E-state index contributed by atoms with van der Waals surface area (Å²) in [6.07, 6.45) is 6.30. The first kappa shape index (κ1) is 15.2. The summed E-state index contributed by atoms with van der Waals surface area (Å²) < 4.78 is 18.2. The Morgan fingerprint density at radius 3 is 2.38 bits per heavy atom. The minimum atomic E-state index is -1.24. The van der Waals surface area contributed by atoms with E-state index in [2.05, 4.69) is 0 Å². The van der Waals surface area contributed by atoms with Crippen molar-refractivity contribution in [1.29, 1.82) is 0 Å². The Balaban J connectivity index is 1.67. The Hall–Kier alpha value is -3.08. The third kappa shape index (κ3) is 1.85. The number of benzene rings is 2. The molecule has 0 fully saturated rings. The summed E-state index contributed by atoms with van der Waals surface area (Å²) >= 11 is 0. The van der Waals surface area contributed by atoms with Crippen LogP contribution in [0.25, 0.3) is 10.8 Å². The second-order valence-electron chi connectivity index (χ2n) is 6.89. The summed E-state index contributed by atoms with van der Waals surface area (Å²) in [4.78, 5) is 23.7. The van der Waals surface area contributed by atoms with Gasteiger partial charge in [-0.15, -0.1) is 0 Å². The normalized spacial score (nSPS) is 27.1. The van der Waals surface area contributed by atoms with Crippen molar-refractivity contribution in [3.8, 4) is 11.5 Å². The molecule has 2 spiro atoms. The number of carbonyl (C=O) groups is 2. The van der Waals surface area contributed by atoms with Crippen LogP contribution in [-0.2, 0) is 14.3 Å². The molecule has 5 nitrogen and oxygen atoms in total. The van der Waals surface area contributed by atoms with Gasteiger partial charge in [-0.05, 0) is 29.7 Å². The lowest BCUT2D eigenvalue weighted by Gasteiger charge is -2.45. The fourth-order valence-electron chi connectivity index (χ4n) is 4.19. The highest BCUT2D eigenvalue weighted by Gasteiger charge is 2.65. The van der Waals surface area contributed by atoms with E-state index in [-0.39, 0.29) is 12.2 Å². The highest BCUT2D eigenvalue weighted by atomic mass is 16.7. The fraction of sp³-hybridized carbons (Fsp3) is 0.238. The van der Waals surface area contributed by atoms with Crippen molar-refractivity contribution >= 4 is 22.5 Å².